The molecular weight excluding hydrogens is 340 g/mol. The first-order valence-corrected chi connectivity index (χ1v) is 9.20. The third kappa shape index (κ3) is 21.1. The highest BCUT2D eigenvalue weighted by atomic mass is 16.6. The molecule has 0 heterocycles. The molecule has 0 rings (SSSR count). The molecule has 0 fully saturated rings. The molecule has 0 aliphatic heterocycles. The molecule has 0 aromatic carbocycles. The third-order valence-corrected chi connectivity index (χ3v) is 3.10. The van der Waals surface area contributed by atoms with Crippen LogP contribution in [-0.2, 0) is 19.0 Å². The van der Waals surface area contributed by atoms with Gasteiger partial charge < -0.3 is 29.5 Å². The van der Waals surface area contributed by atoms with Gasteiger partial charge in [0, 0.05) is 18.8 Å². The maximum atomic E-state index is 11.1. The lowest BCUT2D eigenvalue weighted by Crippen LogP contribution is -2.26. The molecule has 7 heteroatoms. The number of hydrogen-bond acceptors (Lipinski definition) is 7. The zero-order valence-electron chi connectivity index (χ0n) is 16.8. The number of hydrogen-bond donors (Lipinski definition) is 3. The fourth-order valence-electron chi connectivity index (χ4n) is 1.59. The summed E-state index contributed by atoms with van der Waals surface area (Å²) in [7, 11) is 0. The Balaban J connectivity index is 0. The van der Waals surface area contributed by atoms with Gasteiger partial charge in [0.15, 0.2) is 0 Å². The van der Waals surface area contributed by atoms with Crippen LogP contribution in [0.25, 0.3) is 0 Å². The summed E-state index contributed by atoms with van der Waals surface area (Å²) in [6.45, 7) is 11.8. The van der Waals surface area contributed by atoms with Gasteiger partial charge in [0.25, 0.3) is 0 Å². The normalized spacial score (nSPS) is 14.0. The Bertz CT molecular complexity index is 339. The Morgan fingerprint density at radius 2 is 1.35 bits per heavy atom. The molecule has 0 aliphatic rings. The Hall–Kier alpha value is -0.990. The molecule has 156 valence electrons. The smallest absolute Gasteiger partial charge is 0.333 e. The summed E-state index contributed by atoms with van der Waals surface area (Å²) < 4.78 is 15.7. The minimum absolute atomic E-state index is 0.112. The average molecular weight is 379 g/mol. The van der Waals surface area contributed by atoms with Gasteiger partial charge in [-0.2, -0.15) is 0 Å². The van der Waals surface area contributed by atoms with Crippen molar-refractivity contribution in [1.29, 1.82) is 0 Å². The summed E-state index contributed by atoms with van der Waals surface area (Å²) in [6.07, 6.45) is 3.03. The van der Waals surface area contributed by atoms with Crippen LogP contribution in [0.15, 0.2) is 12.2 Å². The van der Waals surface area contributed by atoms with E-state index in [1.807, 2.05) is 13.8 Å². The monoisotopic (exact) mass is 378 g/mol. The van der Waals surface area contributed by atoms with Crippen LogP contribution in [0.1, 0.15) is 53.4 Å². The van der Waals surface area contributed by atoms with Crippen molar-refractivity contribution in [1.82, 2.24) is 0 Å². The topological polar surface area (TPSA) is 105 Å². The Labute approximate surface area is 158 Å². The molecule has 0 aromatic heterocycles. The highest BCUT2D eigenvalue weighted by molar-refractivity contribution is 5.86. The van der Waals surface area contributed by atoms with Gasteiger partial charge in [0.1, 0.15) is 6.61 Å². The van der Waals surface area contributed by atoms with Crippen molar-refractivity contribution in [3.8, 4) is 0 Å². The number of aliphatic hydroxyl groups excluding tert-OH is 3. The molecule has 0 saturated carbocycles. The van der Waals surface area contributed by atoms with Crippen molar-refractivity contribution in [3.63, 3.8) is 0 Å². The third-order valence-electron chi connectivity index (χ3n) is 3.10. The molecule has 0 bridgehead atoms. The van der Waals surface area contributed by atoms with Gasteiger partial charge in [-0.1, -0.05) is 19.4 Å². The van der Waals surface area contributed by atoms with Gasteiger partial charge in [0.05, 0.1) is 31.5 Å². The molecule has 7 nitrogen and oxygen atoms in total. The van der Waals surface area contributed by atoms with Gasteiger partial charge in [-0.15, -0.1) is 0 Å². The highest BCUT2D eigenvalue weighted by Crippen LogP contribution is 2.00. The largest absolute Gasteiger partial charge is 0.460 e. The minimum atomic E-state index is -0.485. The zero-order valence-corrected chi connectivity index (χ0v) is 16.8. The van der Waals surface area contributed by atoms with Gasteiger partial charge in [-0.25, -0.2) is 4.79 Å². The number of esters is 1. The molecule has 0 saturated heterocycles. The molecule has 0 spiro atoms. The molecular formula is C19H38O7. The van der Waals surface area contributed by atoms with Crippen molar-refractivity contribution in [3.05, 3.63) is 12.2 Å². The second-order valence-electron chi connectivity index (χ2n) is 6.38. The molecule has 3 atom stereocenters. The van der Waals surface area contributed by atoms with E-state index in [1.54, 1.807) is 13.8 Å². The van der Waals surface area contributed by atoms with E-state index in [-0.39, 0.29) is 38.6 Å². The van der Waals surface area contributed by atoms with E-state index in [1.165, 1.54) is 0 Å². The van der Waals surface area contributed by atoms with Crippen molar-refractivity contribution in [2.75, 3.05) is 33.0 Å². The zero-order chi connectivity index (χ0) is 20.4. The van der Waals surface area contributed by atoms with E-state index in [2.05, 4.69) is 6.58 Å². The quantitative estimate of drug-likeness (QED) is 0.240. The van der Waals surface area contributed by atoms with E-state index < -0.39 is 12.1 Å². The average Bonchev–Trinajstić information content (AvgIpc) is 2.60. The first kappa shape index (κ1) is 27.2. The molecule has 0 radical (unpaired) electrons. The molecule has 0 aromatic rings. The molecule has 3 N–H and O–H groups in total. The SMILES string of the molecule is C=C(C)C(=O)OCC(C)OCC(C)OCC(C)O.OCCCCCCO. The van der Waals surface area contributed by atoms with Gasteiger partial charge in [0.2, 0.25) is 0 Å². The maximum Gasteiger partial charge on any atom is 0.333 e. The summed E-state index contributed by atoms with van der Waals surface area (Å²) in [5, 5.41) is 25.7. The van der Waals surface area contributed by atoms with E-state index in [0.29, 0.717) is 12.2 Å². The van der Waals surface area contributed by atoms with Gasteiger partial charge in [-0.05, 0) is 40.5 Å². The van der Waals surface area contributed by atoms with Crippen LogP contribution >= 0.6 is 0 Å². The van der Waals surface area contributed by atoms with Crippen LogP contribution in [-0.4, -0.2) is 72.6 Å². The fourth-order valence-corrected chi connectivity index (χ4v) is 1.59. The van der Waals surface area contributed by atoms with Crippen molar-refractivity contribution in [2.24, 2.45) is 0 Å². The lowest BCUT2D eigenvalue weighted by atomic mass is 10.2. The number of carbonyl (C=O) groups is 1. The van der Waals surface area contributed by atoms with Crippen LogP contribution in [0, 0.1) is 0 Å². The van der Waals surface area contributed by atoms with Crippen molar-refractivity contribution in [2.45, 2.75) is 71.7 Å². The predicted octanol–water partition coefficient (Wildman–Crippen LogP) is 1.83. The van der Waals surface area contributed by atoms with Crippen LogP contribution in [0.2, 0.25) is 0 Å². The number of carbonyl (C=O) groups excluding carboxylic acids is 1. The lowest BCUT2D eigenvalue weighted by Gasteiger charge is -2.18. The van der Waals surface area contributed by atoms with Crippen LogP contribution in [0.3, 0.4) is 0 Å². The summed E-state index contributed by atoms with van der Waals surface area (Å²) in [5.74, 6) is -0.413. The van der Waals surface area contributed by atoms with Crippen LogP contribution in [0.4, 0.5) is 0 Å². The molecule has 26 heavy (non-hydrogen) atoms. The second kappa shape index (κ2) is 18.8. The first-order chi connectivity index (χ1) is 12.2. The summed E-state index contributed by atoms with van der Waals surface area (Å²) in [4.78, 5) is 11.1. The Morgan fingerprint density at radius 1 is 0.885 bits per heavy atom. The molecule has 0 amide bonds. The predicted molar refractivity (Wildman–Crippen MR) is 101 cm³/mol. The summed E-state index contributed by atoms with van der Waals surface area (Å²) in [6, 6.07) is 0. The second-order valence-corrected chi connectivity index (χ2v) is 6.38. The van der Waals surface area contributed by atoms with Crippen LogP contribution < -0.4 is 0 Å². The molecule has 3 unspecified atom stereocenters. The van der Waals surface area contributed by atoms with Gasteiger partial charge >= 0.3 is 5.97 Å². The van der Waals surface area contributed by atoms with Crippen LogP contribution in [0.5, 0.6) is 0 Å². The number of unbranched alkanes of at least 4 members (excludes halogenated alkanes) is 3. The first-order valence-electron chi connectivity index (χ1n) is 9.20. The highest BCUT2D eigenvalue weighted by Gasteiger charge is 2.11. The van der Waals surface area contributed by atoms with E-state index in [9.17, 15) is 4.79 Å². The Morgan fingerprint density at radius 3 is 1.77 bits per heavy atom. The van der Waals surface area contributed by atoms with E-state index in [4.69, 9.17) is 29.5 Å². The standard InChI is InChI=1S/C13H24O5.C6H14O2/c1-9(2)13(15)18-8-12(5)17-7-11(4)16-6-10(3)14;7-5-3-1-2-4-6-8/h10-12,14H,1,6-8H2,2-5H3;7-8H,1-6H2. The fraction of sp³-hybridized carbons (Fsp3) is 0.842. The lowest BCUT2D eigenvalue weighted by molar-refractivity contribution is -0.143. The van der Waals surface area contributed by atoms with Gasteiger partial charge in [-0.3, -0.25) is 0 Å². The number of rotatable bonds is 14. The summed E-state index contributed by atoms with van der Waals surface area (Å²) in [5.41, 5.74) is 0.371. The minimum Gasteiger partial charge on any atom is -0.460 e. The van der Waals surface area contributed by atoms with Crippen molar-refractivity contribution < 1.29 is 34.3 Å². The van der Waals surface area contributed by atoms with Crippen molar-refractivity contribution >= 4 is 5.97 Å². The number of ether oxygens (including phenoxy) is 3. The summed E-state index contributed by atoms with van der Waals surface area (Å²) >= 11 is 0. The maximum absolute atomic E-state index is 11.1. The van der Waals surface area contributed by atoms with E-state index in [0.717, 1.165) is 25.7 Å². The molecule has 0 aliphatic carbocycles. The van der Waals surface area contributed by atoms with E-state index >= 15 is 0 Å². The number of aliphatic hydroxyl groups is 3. The Kier molecular flexibility index (Phi) is 19.7.